The first-order valence-corrected chi connectivity index (χ1v) is 7.27. The van der Waals surface area contributed by atoms with Crippen molar-refractivity contribution >= 4 is 21.6 Å². The molecular formula is C16H17BrFNO2. The van der Waals surface area contributed by atoms with Gasteiger partial charge in [0.05, 0.1) is 13.7 Å². The maximum Gasteiger partial charge on any atom is 0.165 e. The van der Waals surface area contributed by atoms with Gasteiger partial charge in [0, 0.05) is 29.4 Å². The first-order chi connectivity index (χ1) is 10.2. The van der Waals surface area contributed by atoms with Crippen molar-refractivity contribution in [2.24, 2.45) is 0 Å². The van der Waals surface area contributed by atoms with Gasteiger partial charge in [-0.2, -0.15) is 0 Å². The topological polar surface area (TPSA) is 30.5 Å². The molecule has 2 aromatic rings. The molecule has 2 aromatic carbocycles. The van der Waals surface area contributed by atoms with Crippen LogP contribution in [0.15, 0.2) is 40.9 Å². The van der Waals surface area contributed by atoms with E-state index >= 15 is 0 Å². The second-order valence-electron chi connectivity index (χ2n) is 4.52. The highest BCUT2D eigenvalue weighted by Gasteiger charge is 2.07. The Balaban J connectivity index is 2.13. The molecule has 5 heteroatoms. The molecular weight excluding hydrogens is 337 g/mol. The fourth-order valence-electron chi connectivity index (χ4n) is 2.03. The summed E-state index contributed by atoms with van der Waals surface area (Å²) in [6.45, 7) is 1.02. The van der Waals surface area contributed by atoms with Crippen LogP contribution in [0.5, 0.6) is 5.75 Å². The van der Waals surface area contributed by atoms with Gasteiger partial charge in [-0.15, -0.1) is 0 Å². The van der Waals surface area contributed by atoms with Crippen LogP contribution in [0.2, 0.25) is 0 Å². The van der Waals surface area contributed by atoms with Crippen molar-refractivity contribution in [1.82, 2.24) is 0 Å². The van der Waals surface area contributed by atoms with Crippen molar-refractivity contribution < 1.29 is 13.9 Å². The van der Waals surface area contributed by atoms with Gasteiger partial charge in [-0.25, -0.2) is 4.39 Å². The predicted molar refractivity (Wildman–Crippen MR) is 85.1 cm³/mol. The van der Waals surface area contributed by atoms with E-state index in [1.54, 1.807) is 13.2 Å². The Kier molecular flexibility index (Phi) is 5.59. The summed E-state index contributed by atoms with van der Waals surface area (Å²) in [5.41, 5.74) is 2.84. The quantitative estimate of drug-likeness (QED) is 0.836. The van der Waals surface area contributed by atoms with E-state index in [0.717, 1.165) is 21.3 Å². The maximum atomic E-state index is 13.7. The van der Waals surface area contributed by atoms with Crippen LogP contribution in [0.25, 0.3) is 0 Å². The van der Waals surface area contributed by atoms with Gasteiger partial charge in [-0.1, -0.05) is 28.1 Å². The summed E-state index contributed by atoms with van der Waals surface area (Å²) < 4.78 is 24.8. The van der Waals surface area contributed by atoms with Crippen LogP contribution in [-0.4, -0.2) is 14.2 Å². The van der Waals surface area contributed by atoms with Crippen molar-refractivity contribution in [1.29, 1.82) is 0 Å². The molecule has 0 aliphatic heterocycles. The molecule has 0 aliphatic rings. The average molecular weight is 354 g/mol. The molecule has 112 valence electrons. The second-order valence-corrected chi connectivity index (χ2v) is 5.38. The molecule has 21 heavy (non-hydrogen) atoms. The Morgan fingerprint density at radius 3 is 2.67 bits per heavy atom. The predicted octanol–water partition coefficient (Wildman–Crippen LogP) is 4.36. The lowest BCUT2D eigenvalue weighted by Gasteiger charge is -2.13. The SMILES string of the molecule is COCc1c(Br)cccc1NCc1ccc(OC)c(F)c1. The zero-order valence-corrected chi connectivity index (χ0v) is 13.5. The molecule has 0 bridgehead atoms. The number of hydrogen-bond donors (Lipinski definition) is 1. The third kappa shape index (κ3) is 3.95. The van der Waals surface area contributed by atoms with E-state index in [1.807, 2.05) is 24.3 Å². The van der Waals surface area contributed by atoms with Crippen molar-refractivity contribution in [2.45, 2.75) is 13.2 Å². The lowest BCUT2D eigenvalue weighted by molar-refractivity contribution is 0.185. The number of ether oxygens (including phenoxy) is 2. The number of benzene rings is 2. The zero-order chi connectivity index (χ0) is 15.2. The number of nitrogens with one attached hydrogen (secondary N) is 1. The number of halogens is 2. The Morgan fingerprint density at radius 1 is 1.19 bits per heavy atom. The van der Waals surface area contributed by atoms with E-state index in [0.29, 0.717) is 13.2 Å². The summed E-state index contributed by atoms with van der Waals surface area (Å²) in [4.78, 5) is 0. The lowest BCUT2D eigenvalue weighted by atomic mass is 10.1. The molecule has 2 rings (SSSR count). The molecule has 0 amide bonds. The molecule has 0 saturated heterocycles. The first kappa shape index (κ1) is 15.8. The van der Waals surface area contributed by atoms with Crippen molar-refractivity contribution in [3.05, 3.63) is 57.8 Å². The lowest BCUT2D eigenvalue weighted by Crippen LogP contribution is -2.04. The highest BCUT2D eigenvalue weighted by molar-refractivity contribution is 9.10. The van der Waals surface area contributed by atoms with Gasteiger partial charge in [0.1, 0.15) is 0 Å². The molecule has 0 radical (unpaired) electrons. The van der Waals surface area contributed by atoms with E-state index in [9.17, 15) is 4.39 Å². The van der Waals surface area contributed by atoms with E-state index in [1.165, 1.54) is 13.2 Å². The van der Waals surface area contributed by atoms with Gasteiger partial charge >= 0.3 is 0 Å². The van der Waals surface area contributed by atoms with E-state index < -0.39 is 0 Å². The minimum Gasteiger partial charge on any atom is -0.494 e. The Bertz CT molecular complexity index is 619. The summed E-state index contributed by atoms with van der Waals surface area (Å²) in [5, 5.41) is 3.30. The van der Waals surface area contributed by atoms with E-state index in [-0.39, 0.29) is 11.6 Å². The van der Waals surface area contributed by atoms with Crippen LogP contribution in [0.4, 0.5) is 10.1 Å². The fourth-order valence-corrected chi connectivity index (χ4v) is 2.51. The van der Waals surface area contributed by atoms with Crippen molar-refractivity contribution in [3.8, 4) is 5.75 Å². The monoisotopic (exact) mass is 353 g/mol. The summed E-state index contributed by atoms with van der Waals surface area (Å²) in [6, 6.07) is 10.8. The molecule has 0 saturated carbocycles. The molecule has 0 atom stereocenters. The summed E-state index contributed by atoms with van der Waals surface area (Å²) in [5.74, 6) is -0.107. The first-order valence-electron chi connectivity index (χ1n) is 6.48. The summed E-state index contributed by atoms with van der Waals surface area (Å²) in [7, 11) is 3.11. The van der Waals surface area contributed by atoms with Crippen LogP contribution in [-0.2, 0) is 17.9 Å². The van der Waals surface area contributed by atoms with Gasteiger partial charge < -0.3 is 14.8 Å². The number of rotatable bonds is 6. The van der Waals surface area contributed by atoms with Crippen LogP contribution in [0, 0.1) is 5.82 Å². The van der Waals surface area contributed by atoms with Crippen molar-refractivity contribution in [3.63, 3.8) is 0 Å². The molecule has 0 heterocycles. The van der Waals surface area contributed by atoms with Gasteiger partial charge in [-0.05, 0) is 29.8 Å². The van der Waals surface area contributed by atoms with Gasteiger partial charge in [-0.3, -0.25) is 0 Å². The average Bonchev–Trinajstić information content (AvgIpc) is 2.48. The Morgan fingerprint density at radius 2 is 2.00 bits per heavy atom. The maximum absolute atomic E-state index is 13.7. The third-order valence-electron chi connectivity index (χ3n) is 3.11. The highest BCUT2D eigenvalue weighted by atomic mass is 79.9. The summed E-state index contributed by atoms with van der Waals surface area (Å²) >= 11 is 3.51. The van der Waals surface area contributed by atoms with Gasteiger partial charge in [0.2, 0.25) is 0 Å². The largest absolute Gasteiger partial charge is 0.494 e. The molecule has 1 N–H and O–H groups in total. The number of hydrogen-bond acceptors (Lipinski definition) is 3. The van der Waals surface area contributed by atoms with Crippen LogP contribution in [0.3, 0.4) is 0 Å². The number of anilines is 1. The molecule has 3 nitrogen and oxygen atoms in total. The molecule has 0 aromatic heterocycles. The molecule has 0 spiro atoms. The zero-order valence-electron chi connectivity index (χ0n) is 12.0. The van der Waals surface area contributed by atoms with Crippen LogP contribution in [0.1, 0.15) is 11.1 Å². The second kappa shape index (κ2) is 7.43. The van der Waals surface area contributed by atoms with E-state index in [2.05, 4.69) is 21.2 Å². The minimum absolute atomic E-state index is 0.251. The third-order valence-corrected chi connectivity index (χ3v) is 3.85. The molecule has 0 aliphatic carbocycles. The normalized spacial score (nSPS) is 10.5. The van der Waals surface area contributed by atoms with Crippen LogP contribution < -0.4 is 10.1 Å². The Hall–Kier alpha value is -1.59. The summed E-state index contributed by atoms with van der Waals surface area (Å²) in [6.07, 6.45) is 0. The molecule has 0 fully saturated rings. The smallest absolute Gasteiger partial charge is 0.165 e. The van der Waals surface area contributed by atoms with Crippen molar-refractivity contribution in [2.75, 3.05) is 19.5 Å². The highest BCUT2D eigenvalue weighted by Crippen LogP contribution is 2.26. The Labute approximate surface area is 132 Å². The minimum atomic E-state index is -0.358. The molecule has 0 unspecified atom stereocenters. The number of methoxy groups -OCH3 is 2. The van der Waals surface area contributed by atoms with E-state index in [4.69, 9.17) is 9.47 Å². The van der Waals surface area contributed by atoms with Crippen LogP contribution >= 0.6 is 15.9 Å². The fraction of sp³-hybridized carbons (Fsp3) is 0.250. The van der Waals surface area contributed by atoms with Gasteiger partial charge in [0.15, 0.2) is 11.6 Å². The van der Waals surface area contributed by atoms with Gasteiger partial charge in [0.25, 0.3) is 0 Å². The standard InChI is InChI=1S/C16H17BrFNO2/c1-20-10-12-13(17)4-3-5-15(12)19-9-11-6-7-16(21-2)14(18)8-11/h3-8,19H,9-10H2,1-2H3.